The topological polar surface area (TPSA) is 72.1 Å². The summed E-state index contributed by atoms with van der Waals surface area (Å²) in [5.74, 6) is -0.806. The van der Waals surface area contributed by atoms with Gasteiger partial charge in [-0.05, 0) is 20.8 Å². The number of halogens is 3. The number of epoxide rings is 1. The molecule has 1 aliphatic heterocycles. The molecule has 9 heteroatoms. The zero-order valence-corrected chi connectivity index (χ0v) is 12.4. The molecule has 0 saturated carbocycles. The highest BCUT2D eigenvalue weighted by molar-refractivity contribution is 5.82. The maximum atomic E-state index is 12.1. The van der Waals surface area contributed by atoms with Crippen LogP contribution < -0.4 is 10.6 Å². The van der Waals surface area contributed by atoms with Crippen molar-refractivity contribution < 1.29 is 32.2 Å². The van der Waals surface area contributed by atoms with Crippen molar-refractivity contribution in [3.63, 3.8) is 0 Å². The summed E-state index contributed by atoms with van der Waals surface area (Å²) < 4.78 is 51.7. The van der Waals surface area contributed by atoms with E-state index < -0.39 is 42.8 Å². The highest BCUT2D eigenvalue weighted by Crippen LogP contribution is 2.26. The van der Waals surface area contributed by atoms with Crippen LogP contribution >= 0.6 is 0 Å². The Hall–Kier alpha value is -0.900. The fraction of sp³-hybridized carbons (Fsp3) is 0.917. The van der Waals surface area contributed by atoms with Crippen LogP contribution in [0.15, 0.2) is 0 Å². The van der Waals surface area contributed by atoms with Crippen molar-refractivity contribution in [1.29, 1.82) is 0 Å². The van der Waals surface area contributed by atoms with Crippen LogP contribution in [0.3, 0.4) is 0 Å². The van der Waals surface area contributed by atoms with Crippen LogP contribution in [0.2, 0.25) is 0 Å². The Labute approximate surface area is 121 Å². The van der Waals surface area contributed by atoms with Gasteiger partial charge in [-0.2, -0.15) is 13.2 Å². The first kappa shape index (κ1) is 18.1. The summed E-state index contributed by atoms with van der Waals surface area (Å²) in [6.07, 6.45) is -5.53. The predicted octanol–water partition coefficient (Wildman–Crippen LogP) is 0.767. The number of carbonyl (C=O) groups excluding carboxylic acids is 1. The van der Waals surface area contributed by atoms with E-state index in [9.17, 15) is 18.0 Å². The van der Waals surface area contributed by atoms with E-state index in [4.69, 9.17) is 14.2 Å². The van der Waals surface area contributed by atoms with E-state index in [-0.39, 0.29) is 6.61 Å². The number of methoxy groups -OCH3 is 1. The van der Waals surface area contributed by atoms with Gasteiger partial charge in [0.25, 0.3) is 0 Å². The number of nitrogens with one attached hydrogen (secondary N) is 2. The summed E-state index contributed by atoms with van der Waals surface area (Å²) in [6.45, 7) is 4.06. The Morgan fingerprint density at radius 2 is 1.95 bits per heavy atom. The van der Waals surface area contributed by atoms with Crippen LogP contribution in [0.25, 0.3) is 0 Å². The molecule has 6 nitrogen and oxygen atoms in total. The highest BCUT2D eigenvalue weighted by Gasteiger charge is 2.45. The molecular formula is C12H21F3N2O4. The third-order valence-electron chi connectivity index (χ3n) is 2.40. The third kappa shape index (κ3) is 7.60. The molecule has 124 valence electrons. The molecule has 1 heterocycles. The van der Waals surface area contributed by atoms with Gasteiger partial charge in [-0.25, -0.2) is 0 Å². The molecule has 21 heavy (non-hydrogen) atoms. The molecule has 0 aromatic rings. The van der Waals surface area contributed by atoms with Crippen molar-refractivity contribution in [3.8, 4) is 0 Å². The summed E-state index contributed by atoms with van der Waals surface area (Å²) in [5, 5.41) is 4.55. The summed E-state index contributed by atoms with van der Waals surface area (Å²) in [6, 6.07) is -0.948. The SMILES string of the molecule is COCC(NC1OC1OC(C)(C)C)C(=O)NCC(F)(F)F. The van der Waals surface area contributed by atoms with Crippen LogP contribution in [0.4, 0.5) is 13.2 Å². The molecule has 0 aliphatic carbocycles. The Kier molecular flexibility index (Phi) is 5.97. The van der Waals surface area contributed by atoms with Gasteiger partial charge >= 0.3 is 6.18 Å². The molecule has 3 atom stereocenters. The van der Waals surface area contributed by atoms with E-state index in [0.717, 1.165) is 0 Å². The number of amides is 1. The number of hydrogen-bond donors (Lipinski definition) is 2. The van der Waals surface area contributed by atoms with E-state index in [1.54, 1.807) is 5.32 Å². The van der Waals surface area contributed by atoms with Gasteiger partial charge in [0.2, 0.25) is 5.91 Å². The van der Waals surface area contributed by atoms with Crippen molar-refractivity contribution in [2.24, 2.45) is 0 Å². The quantitative estimate of drug-likeness (QED) is 0.679. The van der Waals surface area contributed by atoms with Crippen molar-refractivity contribution in [2.45, 2.75) is 51.1 Å². The van der Waals surface area contributed by atoms with Gasteiger partial charge in [0.15, 0.2) is 12.5 Å². The first-order valence-corrected chi connectivity index (χ1v) is 6.44. The predicted molar refractivity (Wildman–Crippen MR) is 67.4 cm³/mol. The second-order valence-corrected chi connectivity index (χ2v) is 5.66. The molecule has 2 N–H and O–H groups in total. The largest absolute Gasteiger partial charge is 0.405 e. The normalized spacial score (nSPS) is 23.8. The molecule has 1 amide bonds. The van der Waals surface area contributed by atoms with Crippen LogP contribution in [-0.4, -0.2) is 56.5 Å². The van der Waals surface area contributed by atoms with Crippen LogP contribution in [0.1, 0.15) is 20.8 Å². The fourth-order valence-electron chi connectivity index (χ4n) is 1.53. The molecule has 1 aliphatic rings. The molecule has 1 rings (SSSR count). The van der Waals surface area contributed by atoms with E-state index in [2.05, 4.69) is 5.32 Å². The lowest BCUT2D eigenvalue weighted by atomic mass is 10.2. The minimum Gasteiger partial charge on any atom is -0.383 e. The average molecular weight is 314 g/mol. The summed E-state index contributed by atoms with van der Waals surface area (Å²) >= 11 is 0. The second-order valence-electron chi connectivity index (χ2n) is 5.66. The molecular weight excluding hydrogens is 293 g/mol. The van der Waals surface area contributed by atoms with Gasteiger partial charge in [-0.1, -0.05) is 0 Å². The van der Waals surface area contributed by atoms with Crippen molar-refractivity contribution >= 4 is 5.91 Å². The first-order chi connectivity index (χ1) is 9.52. The molecule has 1 saturated heterocycles. The summed E-state index contributed by atoms with van der Waals surface area (Å²) in [4.78, 5) is 11.7. The molecule has 0 aromatic heterocycles. The second kappa shape index (κ2) is 6.91. The number of ether oxygens (including phenoxy) is 3. The molecule has 0 radical (unpaired) electrons. The van der Waals surface area contributed by atoms with Gasteiger partial charge in [0.05, 0.1) is 12.2 Å². The molecule has 0 spiro atoms. The molecule has 0 bridgehead atoms. The van der Waals surface area contributed by atoms with Gasteiger partial charge in [-0.15, -0.1) is 0 Å². The van der Waals surface area contributed by atoms with Gasteiger partial charge in [0, 0.05) is 7.11 Å². The smallest absolute Gasteiger partial charge is 0.383 e. The maximum absolute atomic E-state index is 12.1. The van der Waals surface area contributed by atoms with Crippen molar-refractivity contribution in [1.82, 2.24) is 10.6 Å². The number of rotatable bonds is 7. The van der Waals surface area contributed by atoms with Gasteiger partial charge < -0.3 is 19.5 Å². The van der Waals surface area contributed by atoms with E-state index >= 15 is 0 Å². The van der Waals surface area contributed by atoms with Crippen LogP contribution in [0, 0.1) is 0 Å². The summed E-state index contributed by atoms with van der Waals surface area (Å²) in [5.41, 5.74) is -0.420. The monoisotopic (exact) mass is 314 g/mol. The van der Waals surface area contributed by atoms with E-state index in [0.29, 0.717) is 0 Å². The van der Waals surface area contributed by atoms with Crippen molar-refractivity contribution in [3.05, 3.63) is 0 Å². The van der Waals surface area contributed by atoms with Crippen LogP contribution in [-0.2, 0) is 19.0 Å². The fourth-order valence-corrected chi connectivity index (χ4v) is 1.53. The standard InChI is InChI=1S/C12H21F3N2O4/c1-11(2,3)21-10-9(20-10)17-7(5-19-4)8(18)16-6-12(13,14)15/h7,9-10,17H,5-6H2,1-4H3,(H,16,18). The first-order valence-electron chi connectivity index (χ1n) is 6.44. The molecule has 0 aromatic carbocycles. The van der Waals surface area contributed by atoms with Crippen LogP contribution in [0.5, 0.6) is 0 Å². The number of hydrogen-bond acceptors (Lipinski definition) is 5. The van der Waals surface area contributed by atoms with Gasteiger partial charge in [-0.3, -0.25) is 10.1 Å². The minimum absolute atomic E-state index is 0.0776. The number of carbonyl (C=O) groups is 1. The van der Waals surface area contributed by atoms with Gasteiger partial charge in [0.1, 0.15) is 12.6 Å². The van der Waals surface area contributed by atoms with E-state index in [1.807, 2.05) is 20.8 Å². The minimum atomic E-state index is -4.46. The third-order valence-corrected chi connectivity index (χ3v) is 2.40. The zero-order chi connectivity index (χ0) is 16.3. The zero-order valence-electron chi connectivity index (χ0n) is 12.4. The maximum Gasteiger partial charge on any atom is 0.405 e. The number of alkyl halides is 3. The Balaban J connectivity index is 2.42. The Morgan fingerprint density at radius 1 is 1.33 bits per heavy atom. The summed E-state index contributed by atoms with van der Waals surface area (Å²) in [7, 11) is 1.35. The average Bonchev–Trinajstić information content (AvgIpc) is 3.00. The van der Waals surface area contributed by atoms with E-state index in [1.165, 1.54) is 7.11 Å². The van der Waals surface area contributed by atoms with Crippen molar-refractivity contribution in [2.75, 3.05) is 20.3 Å². The highest BCUT2D eigenvalue weighted by atomic mass is 19.4. The Morgan fingerprint density at radius 3 is 2.43 bits per heavy atom. The lowest BCUT2D eigenvalue weighted by molar-refractivity contribution is -0.140. The lowest BCUT2D eigenvalue weighted by Crippen LogP contribution is -2.50. The molecule has 1 fully saturated rings. The lowest BCUT2D eigenvalue weighted by Gasteiger charge is -2.19. The molecule has 3 unspecified atom stereocenters. The Bertz CT molecular complexity index is 357.